The van der Waals surface area contributed by atoms with Crippen LogP contribution in [0.25, 0.3) is 16.6 Å². The van der Waals surface area contributed by atoms with Crippen molar-refractivity contribution >= 4 is 16.8 Å². The van der Waals surface area contributed by atoms with Gasteiger partial charge in [0.25, 0.3) is 11.5 Å². The van der Waals surface area contributed by atoms with Crippen LogP contribution in [0.15, 0.2) is 47.8 Å². The fourth-order valence-electron chi connectivity index (χ4n) is 4.40. The van der Waals surface area contributed by atoms with Crippen molar-refractivity contribution < 1.29 is 22.4 Å². The quantitative estimate of drug-likeness (QED) is 0.457. The van der Waals surface area contributed by atoms with Gasteiger partial charge in [-0.05, 0) is 43.7 Å². The highest BCUT2D eigenvalue weighted by molar-refractivity contribution is 5.94. The predicted octanol–water partition coefficient (Wildman–Crippen LogP) is 4.03. The van der Waals surface area contributed by atoms with E-state index < -0.39 is 29.5 Å². The minimum absolute atomic E-state index is 0.116. The largest absolute Gasteiger partial charge is 0.419 e. The maximum atomic E-state index is 14.8. The van der Waals surface area contributed by atoms with Gasteiger partial charge in [0, 0.05) is 42.4 Å². The van der Waals surface area contributed by atoms with Gasteiger partial charge < -0.3 is 19.0 Å². The highest BCUT2D eigenvalue weighted by atomic mass is 19.4. The molecule has 1 aliphatic heterocycles. The lowest BCUT2D eigenvalue weighted by Crippen LogP contribution is -2.49. The number of halogens is 4. The van der Waals surface area contributed by atoms with Crippen LogP contribution in [0.2, 0.25) is 0 Å². The highest BCUT2D eigenvalue weighted by Crippen LogP contribution is 2.36. The number of aromatic nitrogens is 4. The van der Waals surface area contributed by atoms with Gasteiger partial charge in [0.15, 0.2) is 0 Å². The average Bonchev–Trinajstić information content (AvgIpc) is 3.38. The van der Waals surface area contributed by atoms with Crippen molar-refractivity contribution in [3.8, 4) is 5.69 Å². The van der Waals surface area contributed by atoms with E-state index in [2.05, 4.69) is 9.97 Å². The van der Waals surface area contributed by atoms with E-state index in [-0.39, 0.29) is 40.8 Å². The first kappa shape index (κ1) is 21.9. The molecule has 1 amide bonds. The van der Waals surface area contributed by atoms with Crippen LogP contribution in [-0.2, 0) is 19.3 Å². The predicted molar refractivity (Wildman–Crippen MR) is 115 cm³/mol. The zero-order chi connectivity index (χ0) is 24.4. The van der Waals surface area contributed by atoms with Gasteiger partial charge in [-0.25, -0.2) is 9.37 Å². The number of rotatable bonds is 3. The summed E-state index contributed by atoms with van der Waals surface area (Å²) in [6, 6.07) is 4.46. The van der Waals surface area contributed by atoms with E-state index >= 15 is 0 Å². The smallest absolute Gasteiger partial charge is 0.361 e. The number of H-pyrrole nitrogens is 1. The molecule has 4 heterocycles. The Morgan fingerprint density at radius 3 is 2.62 bits per heavy atom. The van der Waals surface area contributed by atoms with Crippen LogP contribution in [-0.4, -0.2) is 36.0 Å². The van der Waals surface area contributed by atoms with Gasteiger partial charge in [-0.2, -0.15) is 13.2 Å². The molecule has 4 aromatic rings. The summed E-state index contributed by atoms with van der Waals surface area (Å²) >= 11 is 0. The van der Waals surface area contributed by atoms with E-state index in [4.69, 9.17) is 0 Å². The second kappa shape index (κ2) is 7.57. The van der Waals surface area contributed by atoms with E-state index in [9.17, 15) is 27.2 Å². The molecule has 0 aliphatic carbocycles. The molecule has 1 aliphatic rings. The number of nitrogens with zero attached hydrogens (tertiary/aromatic N) is 4. The summed E-state index contributed by atoms with van der Waals surface area (Å²) in [5.74, 6) is -1.85. The number of fused-ring (bicyclic) bond motifs is 2. The lowest BCUT2D eigenvalue weighted by Gasteiger charge is -2.35. The molecule has 0 fully saturated rings. The Morgan fingerprint density at radius 1 is 1.18 bits per heavy atom. The molecule has 5 rings (SSSR count). The molecule has 7 nitrogen and oxygen atoms in total. The molecular formula is C23H19F4N5O2. The molecule has 1 atom stereocenters. The Morgan fingerprint density at radius 2 is 1.94 bits per heavy atom. The third-order valence-corrected chi connectivity index (χ3v) is 6.11. The molecular weight excluding hydrogens is 454 g/mol. The van der Waals surface area contributed by atoms with Crippen molar-refractivity contribution in [1.82, 2.24) is 24.0 Å². The minimum Gasteiger partial charge on any atom is -0.361 e. The van der Waals surface area contributed by atoms with Crippen molar-refractivity contribution in [1.29, 1.82) is 0 Å². The van der Waals surface area contributed by atoms with Crippen molar-refractivity contribution in [3.05, 3.63) is 81.7 Å². The topological polar surface area (TPSA) is 75.9 Å². The summed E-state index contributed by atoms with van der Waals surface area (Å²) in [5, 5.41) is -0.205. The Labute approximate surface area is 190 Å². The summed E-state index contributed by atoms with van der Waals surface area (Å²) in [6.45, 7) is 3.59. The molecule has 176 valence electrons. The number of hydrogen-bond donors (Lipinski definition) is 1. The van der Waals surface area contributed by atoms with Crippen LogP contribution >= 0.6 is 0 Å². The highest BCUT2D eigenvalue weighted by Gasteiger charge is 2.36. The molecule has 0 radical (unpaired) electrons. The summed E-state index contributed by atoms with van der Waals surface area (Å²) in [6.07, 6.45) is -0.225. The van der Waals surface area contributed by atoms with E-state index in [1.807, 2.05) is 0 Å². The number of nitrogens with one attached hydrogen (secondary N) is 1. The van der Waals surface area contributed by atoms with E-state index in [1.54, 1.807) is 24.6 Å². The second-order valence-electron chi connectivity index (χ2n) is 8.39. The fourth-order valence-corrected chi connectivity index (χ4v) is 4.40. The lowest BCUT2D eigenvalue weighted by atomic mass is 10.1. The summed E-state index contributed by atoms with van der Waals surface area (Å²) in [5.41, 5.74) is -0.0658. The number of benzene rings is 1. The molecule has 0 spiro atoms. The van der Waals surface area contributed by atoms with E-state index in [1.165, 1.54) is 40.2 Å². The third kappa shape index (κ3) is 3.39. The Kier molecular flexibility index (Phi) is 4.88. The molecule has 0 unspecified atom stereocenters. The van der Waals surface area contributed by atoms with Gasteiger partial charge in [0.05, 0.1) is 17.6 Å². The molecule has 1 N–H and O–H groups in total. The van der Waals surface area contributed by atoms with E-state index in [0.29, 0.717) is 11.8 Å². The van der Waals surface area contributed by atoms with E-state index in [0.717, 1.165) is 5.69 Å². The summed E-state index contributed by atoms with van der Waals surface area (Å²) in [7, 11) is 0. The number of pyridine rings is 1. The number of aromatic amines is 1. The van der Waals surface area contributed by atoms with Crippen molar-refractivity contribution in [2.24, 2.45) is 0 Å². The first-order chi connectivity index (χ1) is 16.1. The van der Waals surface area contributed by atoms with Crippen molar-refractivity contribution in [3.63, 3.8) is 0 Å². The Balaban J connectivity index is 1.52. The fraction of sp³-hybridized carbons (Fsp3) is 0.261. The standard InChI is InChI=1S/C23H19F4N5O2/c1-12-8-30(11-29-12)17-5-6-18-22(34)31(13(2)9-32(18)21(17)33)10-14-7-28-16-4-3-15(23(25,26)27)20(24)19(14)16/h3-8,11,13,28H,9-10H2,1-2H3/t13-/m1/s1. The first-order valence-electron chi connectivity index (χ1n) is 10.5. The zero-order valence-electron chi connectivity index (χ0n) is 18.2. The number of alkyl halides is 3. The Bertz CT molecular complexity index is 1500. The molecule has 1 aromatic carbocycles. The molecule has 34 heavy (non-hydrogen) atoms. The Hall–Kier alpha value is -3.89. The molecule has 11 heteroatoms. The van der Waals surface area contributed by atoms with Crippen LogP contribution in [0.1, 0.15) is 34.2 Å². The second-order valence-corrected chi connectivity index (χ2v) is 8.39. The zero-order valence-corrected chi connectivity index (χ0v) is 18.2. The first-order valence-corrected chi connectivity index (χ1v) is 10.5. The maximum absolute atomic E-state index is 14.8. The van der Waals surface area contributed by atoms with Crippen molar-refractivity contribution in [2.75, 3.05) is 0 Å². The van der Waals surface area contributed by atoms with Gasteiger partial charge in [0.1, 0.15) is 17.2 Å². The van der Waals surface area contributed by atoms with Gasteiger partial charge in [0.2, 0.25) is 0 Å². The minimum atomic E-state index is -4.84. The molecule has 0 saturated heterocycles. The number of imidazole rings is 1. The molecule has 3 aromatic heterocycles. The van der Waals surface area contributed by atoms with Crippen LogP contribution in [0.4, 0.5) is 17.6 Å². The monoisotopic (exact) mass is 473 g/mol. The van der Waals surface area contributed by atoms with Gasteiger partial charge in [-0.1, -0.05) is 0 Å². The lowest BCUT2D eigenvalue weighted by molar-refractivity contribution is -0.139. The molecule has 0 bridgehead atoms. The number of hydrogen-bond acceptors (Lipinski definition) is 3. The molecule has 0 saturated carbocycles. The number of carbonyl (C=O) groups is 1. The number of aryl methyl sites for hydroxylation is 1. The summed E-state index contributed by atoms with van der Waals surface area (Å²) < 4.78 is 57.4. The maximum Gasteiger partial charge on any atom is 0.419 e. The van der Waals surface area contributed by atoms with Crippen LogP contribution < -0.4 is 5.56 Å². The third-order valence-electron chi connectivity index (χ3n) is 6.11. The van der Waals surface area contributed by atoms with Gasteiger partial charge in [-0.3, -0.25) is 9.59 Å². The van der Waals surface area contributed by atoms with Crippen molar-refractivity contribution in [2.45, 2.75) is 39.2 Å². The number of amides is 1. The van der Waals surface area contributed by atoms with Crippen LogP contribution in [0.5, 0.6) is 0 Å². The normalized spacial score (nSPS) is 16.4. The van der Waals surface area contributed by atoms with Crippen LogP contribution in [0, 0.1) is 12.7 Å². The summed E-state index contributed by atoms with van der Waals surface area (Å²) in [4.78, 5) is 34.7. The average molecular weight is 473 g/mol. The van der Waals surface area contributed by atoms with Crippen LogP contribution in [0.3, 0.4) is 0 Å². The number of carbonyl (C=O) groups excluding carboxylic acids is 1. The van der Waals surface area contributed by atoms with Gasteiger partial charge in [-0.15, -0.1) is 0 Å². The SMILES string of the molecule is Cc1cn(-c2ccc3n(c2=O)C[C@@H](C)N(Cc2c[nH]c4ccc(C(F)(F)F)c(F)c24)C3=O)cn1. The van der Waals surface area contributed by atoms with Gasteiger partial charge >= 0.3 is 6.18 Å².